The highest BCUT2D eigenvalue weighted by Gasteiger charge is 1.89. The molecule has 0 saturated carbocycles. The first-order chi connectivity index (χ1) is 10.6. The molecule has 0 amide bonds. The lowest BCUT2D eigenvalue weighted by molar-refractivity contribution is 0.278. The Morgan fingerprint density at radius 2 is 1.36 bits per heavy atom. The second kappa shape index (κ2) is 9.92. The molecule has 0 heterocycles. The van der Waals surface area contributed by atoms with Crippen LogP contribution >= 0.6 is 0 Å². The van der Waals surface area contributed by atoms with Crippen LogP contribution in [0.1, 0.15) is 63.8 Å². The van der Waals surface area contributed by atoms with Crippen LogP contribution in [-0.2, 0) is 0 Å². The van der Waals surface area contributed by atoms with Gasteiger partial charge < -0.3 is 10.2 Å². The standard InChI is InChI=1S/C9H20O2/c10-8-6-4-2-1-3-5-7-9-11/h10-11H,1-9H2/i1D2,2D2,3D2,4D2,5D2,6D2,8D2. The molecular formula is C9H20O2. The van der Waals surface area contributed by atoms with Crippen LogP contribution in [-0.4, -0.2) is 23.4 Å². The minimum atomic E-state index is -4.13. The quantitative estimate of drug-likeness (QED) is 0.588. The molecule has 0 rings (SSSR count). The van der Waals surface area contributed by atoms with Crippen molar-refractivity contribution < 1.29 is 29.4 Å². The highest BCUT2D eigenvalue weighted by Crippen LogP contribution is 2.06. The van der Waals surface area contributed by atoms with Crippen LogP contribution in [0.15, 0.2) is 0 Å². The summed E-state index contributed by atoms with van der Waals surface area (Å²) in [7, 11) is 0. The van der Waals surface area contributed by atoms with E-state index in [0.29, 0.717) is 0 Å². The van der Waals surface area contributed by atoms with Gasteiger partial charge in [-0.1, -0.05) is 31.9 Å². The highest BCUT2D eigenvalue weighted by atomic mass is 16.3. The summed E-state index contributed by atoms with van der Waals surface area (Å²) in [6.07, 6.45) is -24.2. The topological polar surface area (TPSA) is 40.5 Å². The van der Waals surface area contributed by atoms with Crippen molar-refractivity contribution >= 4 is 0 Å². The van der Waals surface area contributed by atoms with Gasteiger partial charge in [0.05, 0.1) is 2.74 Å². The predicted octanol–water partition coefficient (Wildman–Crippen LogP) is 1.70. The van der Waals surface area contributed by atoms with E-state index < -0.39 is 57.8 Å². The van der Waals surface area contributed by atoms with Gasteiger partial charge in [-0.15, -0.1) is 0 Å². The van der Waals surface area contributed by atoms with Crippen molar-refractivity contribution in [3.05, 3.63) is 0 Å². The summed E-state index contributed by atoms with van der Waals surface area (Å²) in [6, 6.07) is 0. The summed E-state index contributed by atoms with van der Waals surface area (Å²) in [5.41, 5.74) is 0. The lowest BCUT2D eigenvalue weighted by Crippen LogP contribution is -1.85. The largest absolute Gasteiger partial charge is 0.396 e. The lowest BCUT2D eigenvalue weighted by atomic mass is 10.1. The van der Waals surface area contributed by atoms with Crippen molar-refractivity contribution in [3.63, 3.8) is 0 Å². The zero-order chi connectivity index (χ0) is 20.9. The SMILES string of the molecule is [2H]C([2H])(O)C([2H])([2H])C([2H])([2H])C([2H])([2H])C([2H])([2H])C([2H])([2H])C([2H])([2H])CCO. The monoisotopic (exact) mass is 174 g/mol. The first-order valence-corrected chi connectivity index (χ1v) is 2.89. The summed E-state index contributed by atoms with van der Waals surface area (Å²) in [6.45, 7) is -4.87. The normalized spacial score (nSPS) is 38.4. The molecule has 0 aliphatic rings. The van der Waals surface area contributed by atoms with Gasteiger partial charge in [0.2, 0.25) is 0 Å². The van der Waals surface area contributed by atoms with Gasteiger partial charge in [0.1, 0.15) is 0 Å². The van der Waals surface area contributed by atoms with Gasteiger partial charge in [-0.3, -0.25) is 0 Å². The zero-order valence-corrected chi connectivity index (χ0v) is 5.81. The Balaban J connectivity index is 6.40. The van der Waals surface area contributed by atoms with E-state index in [0.717, 1.165) is 0 Å². The van der Waals surface area contributed by atoms with Crippen molar-refractivity contribution in [3.8, 4) is 0 Å². The molecule has 11 heavy (non-hydrogen) atoms. The molecule has 0 atom stereocenters. The Morgan fingerprint density at radius 1 is 0.818 bits per heavy atom. The van der Waals surface area contributed by atoms with Crippen LogP contribution in [0.4, 0.5) is 0 Å². The summed E-state index contributed by atoms with van der Waals surface area (Å²) >= 11 is 0. The molecule has 0 fully saturated rings. The third-order valence-electron chi connectivity index (χ3n) is 0.631. The van der Waals surface area contributed by atoms with Crippen LogP contribution < -0.4 is 0 Å². The van der Waals surface area contributed by atoms with Gasteiger partial charge in [-0.2, -0.15) is 0 Å². The van der Waals surface area contributed by atoms with Gasteiger partial charge in [-0.25, -0.2) is 0 Å². The van der Waals surface area contributed by atoms with E-state index in [1.54, 1.807) is 0 Å². The van der Waals surface area contributed by atoms with E-state index in [1.165, 1.54) is 0 Å². The van der Waals surface area contributed by atoms with Crippen LogP contribution in [0.3, 0.4) is 0 Å². The minimum Gasteiger partial charge on any atom is -0.396 e. The Bertz CT molecular complexity index is 479. The first kappa shape index (κ1) is 1.88. The second-order valence-corrected chi connectivity index (χ2v) is 1.39. The maximum absolute atomic E-state index is 9.19. The zero-order valence-electron chi connectivity index (χ0n) is 19.8. The average molecular weight is 174 g/mol. The van der Waals surface area contributed by atoms with E-state index in [9.17, 15) is 5.11 Å². The molecular weight excluding hydrogens is 140 g/mol. The molecule has 0 aromatic heterocycles. The Hall–Kier alpha value is -0.0800. The smallest absolute Gasteiger partial charge is 0.0564 e. The van der Waals surface area contributed by atoms with Gasteiger partial charge in [0.15, 0.2) is 0 Å². The molecule has 0 aromatic rings. The third kappa shape index (κ3) is 9.92. The first-order valence-electron chi connectivity index (χ1n) is 9.89. The molecule has 2 heteroatoms. The van der Waals surface area contributed by atoms with Crippen LogP contribution in [0.25, 0.3) is 0 Å². The Morgan fingerprint density at radius 3 is 1.91 bits per heavy atom. The summed E-state index contributed by atoms with van der Waals surface area (Å²) < 4.78 is 105. The Kier molecular flexibility index (Phi) is 1.69. The van der Waals surface area contributed by atoms with Gasteiger partial charge in [-0.05, 0) is 12.8 Å². The number of hydrogen-bond donors (Lipinski definition) is 2. The fourth-order valence-electron chi connectivity index (χ4n) is 0.284. The molecule has 0 radical (unpaired) electrons. The third-order valence-corrected chi connectivity index (χ3v) is 0.631. The van der Waals surface area contributed by atoms with Gasteiger partial charge in [0, 0.05) is 29.6 Å². The van der Waals surface area contributed by atoms with Crippen molar-refractivity contribution in [2.75, 3.05) is 13.2 Å². The maximum Gasteiger partial charge on any atom is 0.0564 e. The molecule has 0 saturated heterocycles. The molecule has 0 aliphatic heterocycles. The van der Waals surface area contributed by atoms with E-state index in [1.807, 2.05) is 0 Å². The van der Waals surface area contributed by atoms with Crippen LogP contribution in [0.2, 0.25) is 0 Å². The molecule has 2 N–H and O–H groups in total. The number of aliphatic hydroxyl groups excluding tert-OH is 1. The fraction of sp³-hybridized carbons (Fsp3) is 1.00. The molecule has 68 valence electrons. The van der Waals surface area contributed by atoms with E-state index >= 15 is 0 Å². The number of hydrogen-bond acceptors (Lipinski definition) is 2. The summed E-state index contributed by atoms with van der Waals surface area (Å²) in [5, 5.41) is 18.0. The van der Waals surface area contributed by atoms with E-state index in [2.05, 4.69) is 0 Å². The van der Waals surface area contributed by atoms with Gasteiger partial charge in [0.25, 0.3) is 0 Å². The van der Waals surface area contributed by atoms with Crippen LogP contribution in [0.5, 0.6) is 0 Å². The second-order valence-electron chi connectivity index (χ2n) is 1.39. The molecule has 0 aliphatic carbocycles. The number of rotatable bonds is 8. The summed E-state index contributed by atoms with van der Waals surface area (Å²) in [5.74, 6) is 0. The molecule has 0 bridgehead atoms. The van der Waals surface area contributed by atoms with Gasteiger partial charge >= 0.3 is 0 Å². The Labute approximate surface area is 88.9 Å². The highest BCUT2D eigenvalue weighted by molar-refractivity contribution is 4.44. The molecule has 0 unspecified atom stereocenters. The number of aliphatic hydroxyl groups is 2. The molecule has 0 aromatic carbocycles. The van der Waals surface area contributed by atoms with Crippen molar-refractivity contribution in [1.82, 2.24) is 0 Å². The predicted molar refractivity (Wildman–Crippen MR) is 46.5 cm³/mol. The van der Waals surface area contributed by atoms with E-state index in [4.69, 9.17) is 24.3 Å². The molecule has 2 nitrogen and oxygen atoms in total. The van der Waals surface area contributed by atoms with Crippen LogP contribution in [0, 0.1) is 0 Å². The minimum absolute atomic E-state index is 0.918. The maximum atomic E-state index is 9.19. The average Bonchev–Trinajstić information content (AvgIpc) is 2.35. The lowest BCUT2D eigenvalue weighted by Gasteiger charge is -1.98. The van der Waals surface area contributed by atoms with Crippen molar-refractivity contribution in [2.45, 2.75) is 44.7 Å². The fourth-order valence-corrected chi connectivity index (χ4v) is 0.284. The summed E-state index contributed by atoms with van der Waals surface area (Å²) in [4.78, 5) is 0. The molecule has 0 spiro atoms. The van der Waals surface area contributed by atoms with E-state index in [-0.39, 0.29) is 0 Å². The van der Waals surface area contributed by atoms with Crippen molar-refractivity contribution in [1.29, 1.82) is 0 Å². The van der Waals surface area contributed by atoms with Crippen molar-refractivity contribution in [2.24, 2.45) is 0 Å².